The first kappa shape index (κ1) is 17.2. The van der Waals surface area contributed by atoms with Crippen molar-refractivity contribution in [3.05, 3.63) is 64.1 Å². The molecule has 0 unspecified atom stereocenters. The lowest BCUT2D eigenvalue weighted by atomic mass is 10.2. The Morgan fingerprint density at radius 2 is 1.50 bits per heavy atom. The molecule has 0 aliphatic heterocycles. The van der Waals surface area contributed by atoms with E-state index in [1.54, 1.807) is 48.5 Å². The number of rotatable bonds is 5. The normalized spacial score (nSPS) is 11.4. The van der Waals surface area contributed by atoms with Gasteiger partial charge >= 0.3 is 0 Å². The summed E-state index contributed by atoms with van der Waals surface area (Å²) in [7, 11) is -3.58. The molecule has 9 heteroatoms. The molecular formula is C15H11Cl2N3O2S2. The molecule has 0 aliphatic carbocycles. The van der Waals surface area contributed by atoms with Gasteiger partial charge in [-0.3, -0.25) is 4.72 Å². The van der Waals surface area contributed by atoms with Crippen LogP contribution in [0.2, 0.25) is 10.0 Å². The van der Waals surface area contributed by atoms with Crippen molar-refractivity contribution in [3.63, 3.8) is 0 Å². The Morgan fingerprint density at radius 1 is 0.917 bits per heavy atom. The van der Waals surface area contributed by atoms with Crippen LogP contribution in [0.25, 0.3) is 10.6 Å². The number of nitrogens with one attached hydrogen (secondary N) is 1. The fraction of sp³-hybridized carbons (Fsp3) is 0.0667. The van der Waals surface area contributed by atoms with E-state index in [2.05, 4.69) is 14.9 Å². The highest BCUT2D eigenvalue weighted by Gasteiger charge is 2.15. The van der Waals surface area contributed by atoms with Crippen molar-refractivity contribution in [2.75, 3.05) is 4.72 Å². The lowest BCUT2D eigenvalue weighted by Gasteiger charge is -2.04. The Bertz CT molecular complexity index is 940. The van der Waals surface area contributed by atoms with Gasteiger partial charge < -0.3 is 0 Å². The molecule has 5 nitrogen and oxygen atoms in total. The molecule has 0 radical (unpaired) electrons. The van der Waals surface area contributed by atoms with Crippen LogP contribution in [0.5, 0.6) is 0 Å². The molecule has 1 aromatic heterocycles. The standard InChI is InChI=1S/C15H11Cl2N3O2S2/c16-12-5-1-10(2-6-12)9-24(21,22)20-15-19-18-14(23-15)11-3-7-13(17)8-4-11/h1-8H,9H2,(H,19,20). The monoisotopic (exact) mass is 399 g/mol. The average molecular weight is 400 g/mol. The number of hydrogen-bond donors (Lipinski definition) is 1. The second-order valence-electron chi connectivity index (χ2n) is 4.91. The fourth-order valence-corrected chi connectivity index (χ4v) is 4.35. The lowest BCUT2D eigenvalue weighted by molar-refractivity contribution is 0.600. The number of nitrogens with zero attached hydrogens (tertiary/aromatic N) is 2. The highest BCUT2D eigenvalue weighted by molar-refractivity contribution is 7.92. The maximum atomic E-state index is 12.2. The van der Waals surface area contributed by atoms with Crippen LogP contribution in [0.4, 0.5) is 5.13 Å². The molecule has 24 heavy (non-hydrogen) atoms. The highest BCUT2D eigenvalue weighted by Crippen LogP contribution is 2.28. The first-order valence-corrected chi connectivity index (χ1v) is 9.98. The Hall–Kier alpha value is -1.67. The summed E-state index contributed by atoms with van der Waals surface area (Å²) >= 11 is 12.8. The first-order chi connectivity index (χ1) is 11.4. The van der Waals surface area contributed by atoms with E-state index >= 15 is 0 Å². The Labute approximate surface area is 153 Å². The van der Waals surface area contributed by atoms with Crippen LogP contribution in [0.15, 0.2) is 48.5 Å². The van der Waals surface area contributed by atoms with Crippen molar-refractivity contribution < 1.29 is 8.42 Å². The molecule has 1 heterocycles. The molecular weight excluding hydrogens is 389 g/mol. The summed E-state index contributed by atoms with van der Waals surface area (Å²) in [6.45, 7) is 0. The Kier molecular flexibility index (Phi) is 5.05. The molecule has 0 fully saturated rings. The van der Waals surface area contributed by atoms with Crippen LogP contribution in [0.3, 0.4) is 0 Å². The van der Waals surface area contributed by atoms with Gasteiger partial charge in [0.25, 0.3) is 0 Å². The van der Waals surface area contributed by atoms with E-state index in [1.165, 1.54) is 0 Å². The topological polar surface area (TPSA) is 72.0 Å². The van der Waals surface area contributed by atoms with Gasteiger partial charge in [-0.05, 0) is 29.8 Å². The van der Waals surface area contributed by atoms with E-state index in [4.69, 9.17) is 23.2 Å². The molecule has 3 rings (SSSR count). The quantitative estimate of drug-likeness (QED) is 0.687. The molecule has 2 aromatic carbocycles. The number of aromatic nitrogens is 2. The summed E-state index contributed by atoms with van der Waals surface area (Å²) in [5.74, 6) is -0.167. The van der Waals surface area contributed by atoms with Gasteiger partial charge in [0.05, 0.1) is 5.75 Å². The minimum Gasteiger partial charge on any atom is -0.257 e. The van der Waals surface area contributed by atoms with Crippen LogP contribution in [0.1, 0.15) is 5.56 Å². The molecule has 0 saturated heterocycles. The predicted octanol–water partition coefficient (Wildman–Crippen LogP) is 4.45. The zero-order chi connectivity index (χ0) is 17.2. The molecule has 0 bridgehead atoms. The van der Waals surface area contributed by atoms with E-state index in [0.29, 0.717) is 20.6 Å². The van der Waals surface area contributed by atoms with Crippen LogP contribution in [0, 0.1) is 0 Å². The molecule has 0 atom stereocenters. The lowest BCUT2D eigenvalue weighted by Crippen LogP contribution is -2.14. The molecule has 0 saturated carbocycles. The van der Waals surface area contributed by atoms with Crippen molar-refractivity contribution in [2.24, 2.45) is 0 Å². The Balaban J connectivity index is 1.73. The number of halogens is 2. The summed E-state index contributed by atoms with van der Waals surface area (Å²) in [5.41, 5.74) is 1.45. The van der Waals surface area contributed by atoms with Crippen LogP contribution in [-0.4, -0.2) is 18.6 Å². The van der Waals surface area contributed by atoms with E-state index in [-0.39, 0.29) is 10.9 Å². The first-order valence-electron chi connectivity index (χ1n) is 6.76. The molecule has 1 N–H and O–H groups in total. The third-order valence-electron chi connectivity index (χ3n) is 3.03. The summed E-state index contributed by atoms with van der Waals surface area (Å²) in [6.07, 6.45) is 0. The molecule has 0 amide bonds. The zero-order valence-corrected chi connectivity index (χ0v) is 15.3. The van der Waals surface area contributed by atoms with Gasteiger partial charge in [0.2, 0.25) is 15.2 Å². The van der Waals surface area contributed by atoms with Crippen LogP contribution in [-0.2, 0) is 15.8 Å². The largest absolute Gasteiger partial charge is 0.257 e. The minimum absolute atomic E-state index is 0.167. The SMILES string of the molecule is O=S(=O)(Cc1ccc(Cl)cc1)Nc1nnc(-c2ccc(Cl)cc2)s1. The van der Waals surface area contributed by atoms with E-state index in [9.17, 15) is 8.42 Å². The van der Waals surface area contributed by atoms with Gasteiger partial charge in [-0.15, -0.1) is 10.2 Å². The summed E-state index contributed by atoms with van der Waals surface area (Å²) in [5, 5.41) is 9.88. The van der Waals surface area contributed by atoms with Crippen LogP contribution < -0.4 is 4.72 Å². The van der Waals surface area contributed by atoms with Crippen molar-refractivity contribution >= 4 is 49.7 Å². The highest BCUT2D eigenvalue weighted by atomic mass is 35.5. The molecule has 0 spiro atoms. The predicted molar refractivity (Wildman–Crippen MR) is 98.1 cm³/mol. The van der Waals surface area contributed by atoms with Crippen LogP contribution >= 0.6 is 34.5 Å². The van der Waals surface area contributed by atoms with Crippen molar-refractivity contribution in [1.29, 1.82) is 0 Å². The van der Waals surface area contributed by atoms with Crippen molar-refractivity contribution in [3.8, 4) is 10.6 Å². The Morgan fingerprint density at radius 3 is 2.12 bits per heavy atom. The van der Waals surface area contributed by atoms with Gasteiger partial charge in [-0.2, -0.15) is 0 Å². The van der Waals surface area contributed by atoms with Gasteiger partial charge in [-0.1, -0.05) is 58.8 Å². The van der Waals surface area contributed by atoms with E-state index < -0.39 is 10.0 Å². The van der Waals surface area contributed by atoms with E-state index in [0.717, 1.165) is 16.9 Å². The van der Waals surface area contributed by atoms with Gasteiger partial charge in [0.15, 0.2) is 0 Å². The van der Waals surface area contributed by atoms with Gasteiger partial charge in [0.1, 0.15) is 5.01 Å². The second-order valence-corrected chi connectivity index (χ2v) is 8.48. The number of hydrogen-bond acceptors (Lipinski definition) is 5. The van der Waals surface area contributed by atoms with Gasteiger partial charge in [0, 0.05) is 15.6 Å². The molecule has 0 aliphatic rings. The maximum Gasteiger partial charge on any atom is 0.238 e. The molecule has 124 valence electrons. The number of sulfonamides is 1. The van der Waals surface area contributed by atoms with Crippen molar-refractivity contribution in [1.82, 2.24) is 10.2 Å². The summed E-state index contributed by atoms with van der Waals surface area (Å²) < 4.78 is 26.9. The molecule has 3 aromatic rings. The van der Waals surface area contributed by atoms with E-state index in [1.807, 2.05) is 0 Å². The number of anilines is 1. The smallest absolute Gasteiger partial charge is 0.238 e. The third-order valence-corrected chi connectivity index (χ3v) is 5.77. The summed E-state index contributed by atoms with van der Waals surface area (Å²) in [6, 6.07) is 13.7. The minimum atomic E-state index is -3.58. The van der Waals surface area contributed by atoms with Crippen molar-refractivity contribution in [2.45, 2.75) is 5.75 Å². The third kappa shape index (κ3) is 4.45. The second kappa shape index (κ2) is 7.06. The maximum absolute atomic E-state index is 12.2. The zero-order valence-electron chi connectivity index (χ0n) is 12.1. The van der Waals surface area contributed by atoms with Gasteiger partial charge in [-0.25, -0.2) is 8.42 Å². The average Bonchev–Trinajstić information content (AvgIpc) is 2.98. The fourth-order valence-electron chi connectivity index (χ4n) is 1.94. The number of benzene rings is 2. The summed E-state index contributed by atoms with van der Waals surface area (Å²) in [4.78, 5) is 0.